The van der Waals surface area contributed by atoms with Crippen LogP contribution < -0.4 is 4.74 Å². The number of carbonyl (C=O) groups excluding carboxylic acids is 2. The average Bonchev–Trinajstić information content (AvgIpc) is 3.02. The summed E-state index contributed by atoms with van der Waals surface area (Å²) in [7, 11) is 0. The minimum absolute atomic E-state index is 0.271. The first-order valence-electron chi connectivity index (χ1n) is 8.54. The van der Waals surface area contributed by atoms with Gasteiger partial charge in [0.25, 0.3) is 0 Å². The van der Waals surface area contributed by atoms with Crippen molar-refractivity contribution in [3.63, 3.8) is 0 Å². The summed E-state index contributed by atoms with van der Waals surface area (Å²) in [4.78, 5) is 24.4. The zero-order chi connectivity index (χ0) is 20.1. The first kappa shape index (κ1) is 19.6. The van der Waals surface area contributed by atoms with Gasteiger partial charge < -0.3 is 14.0 Å². The molecule has 0 bridgehead atoms. The van der Waals surface area contributed by atoms with E-state index in [2.05, 4.69) is 5.16 Å². The summed E-state index contributed by atoms with van der Waals surface area (Å²) in [5.41, 5.74) is 2.29. The van der Waals surface area contributed by atoms with Crippen molar-refractivity contribution in [2.75, 3.05) is 6.61 Å². The fraction of sp³-hybridized carbons (Fsp3) is 0.190. The predicted octanol–water partition coefficient (Wildman–Crippen LogP) is 4.56. The number of aryl methyl sites for hydroxylation is 2. The molecule has 1 heterocycles. The van der Waals surface area contributed by atoms with Crippen LogP contribution in [0.4, 0.5) is 0 Å². The molecule has 0 amide bonds. The number of rotatable bonds is 7. The Balaban J connectivity index is 1.60. The van der Waals surface area contributed by atoms with Gasteiger partial charge in [-0.2, -0.15) is 0 Å². The highest BCUT2D eigenvalue weighted by Crippen LogP contribution is 2.19. The van der Waals surface area contributed by atoms with Crippen molar-refractivity contribution in [3.8, 4) is 5.75 Å². The highest BCUT2D eigenvalue weighted by Gasteiger charge is 2.14. The molecule has 0 spiro atoms. The van der Waals surface area contributed by atoms with Crippen LogP contribution in [0.2, 0.25) is 5.02 Å². The van der Waals surface area contributed by atoms with E-state index in [1.54, 1.807) is 42.5 Å². The molecule has 6 nitrogen and oxygen atoms in total. The van der Waals surface area contributed by atoms with Crippen LogP contribution in [0.5, 0.6) is 5.75 Å². The van der Waals surface area contributed by atoms with Crippen LogP contribution in [0.3, 0.4) is 0 Å². The van der Waals surface area contributed by atoms with E-state index in [9.17, 15) is 9.59 Å². The van der Waals surface area contributed by atoms with Gasteiger partial charge in [-0.1, -0.05) is 35.0 Å². The van der Waals surface area contributed by atoms with E-state index in [0.29, 0.717) is 22.1 Å². The molecular weight excluding hydrogens is 382 g/mol. The summed E-state index contributed by atoms with van der Waals surface area (Å²) in [5.74, 6) is 0.239. The second kappa shape index (κ2) is 8.71. The van der Waals surface area contributed by atoms with Gasteiger partial charge in [-0.15, -0.1) is 0 Å². The normalized spacial score (nSPS) is 10.5. The van der Waals surface area contributed by atoms with Crippen LogP contribution in [-0.4, -0.2) is 23.5 Å². The molecule has 0 unspecified atom stereocenters. The molecule has 0 aliphatic carbocycles. The Morgan fingerprint density at radius 3 is 2.54 bits per heavy atom. The number of hydrogen-bond donors (Lipinski definition) is 0. The summed E-state index contributed by atoms with van der Waals surface area (Å²) < 4.78 is 15.9. The molecule has 2 aromatic carbocycles. The van der Waals surface area contributed by atoms with Crippen LogP contribution in [-0.2, 0) is 11.3 Å². The van der Waals surface area contributed by atoms with Gasteiger partial charge in [0.15, 0.2) is 12.4 Å². The molecule has 0 saturated heterocycles. The number of Topliss-reactive ketones (excluding diaryl/α,β-unsaturated/α-hetero) is 1. The smallest absolute Gasteiger partial charge is 0.338 e. The SMILES string of the molecule is Cc1noc(C)c1COc1cccc(C(=O)OCC(=O)c2cccc(Cl)c2)c1. The second-order valence-corrected chi connectivity index (χ2v) is 6.57. The van der Waals surface area contributed by atoms with Crippen molar-refractivity contribution < 1.29 is 23.6 Å². The standard InChI is InChI=1S/C21H18ClNO5/c1-13-19(14(2)28-23-13)11-26-18-8-4-6-16(10-18)21(25)27-12-20(24)15-5-3-7-17(22)9-15/h3-10H,11-12H2,1-2H3. The van der Waals surface area contributed by atoms with E-state index in [1.165, 1.54) is 6.07 Å². The van der Waals surface area contributed by atoms with Crippen molar-refractivity contribution in [1.29, 1.82) is 0 Å². The van der Waals surface area contributed by atoms with Crippen LogP contribution in [0.15, 0.2) is 53.1 Å². The summed E-state index contributed by atoms with van der Waals surface area (Å²) >= 11 is 5.87. The lowest BCUT2D eigenvalue weighted by Gasteiger charge is -2.08. The fourth-order valence-electron chi connectivity index (χ4n) is 2.54. The van der Waals surface area contributed by atoms with Gasteiger partial charge in [0.2, 0.25) is 0 Å². The number of ether oxygens (including phenoxy) is 2. The predicted molar refractivity (Wildman–Crippen MR) is 103 cm³/mol. The van der Waals surface area contributed by atoms with Gasteiger partial charge >= 0.3 is 5.97 Å². The van der Waals surface area contributed by atoms with Gasteiger partial charge in [-0.05, 0) is 44.2 Å². The van der Waals surface area contributed by atoms with E-state index in [1.807, 2.05) is 13.8 Å². The molecule has 28 heavy (non-hydrogen) atoms. The third-order valence-corrected chi connectivity index (χ3v) is 4.35. The molecule has 3 aromatic rings. The first-order chi connectivity index (χ1) is 13.4. The lowest BCUT2D eigenvalue weighted by molar-refractivity contribution is 0.0474. The molecule has 0 atom stereocenters. The zero-order valence-corrected chi connectivity index (χ0v) is 16.2. The molecule has 0 N–H and O–H groups in total. The van der Waals surface area contributed by atoms with E-state index in [0.717, 1.165) is 11.3 Å². The molecule has 1 aromatic heterocycles. The third kappa shape index (κ3) is 4.78. The van der Waals surface area contributed by atoms with Crippen LogP contribution in [0.1, 0.15) is 37.7 Å². The van der Waals surface area contributed by atoms with Gasteiger partial charge in [-0.25, -0.2) is 4.79 Å². The lowest BCUT2D eigenvalue weighted by atomic mass is 10.1. The summed E-state index contributed by atoms with van der Waals surface area (Å²) in [6.45, 7) is 3.54. The summed E-state index contributed by atoms with van der Waals surface area (Å²) in [6.07, 6.45) is 0. The largest absolute Gasteiger partial charge is 0.489 e. The zero-order valence-electron chi connectivity index (χ0n) is 15.4. The number of ketones is 1. The van der Waals surface area contributed by atoms with Crippen molar-refractivity contribution in [3.05, 3.63) is 81.7 Å². The molecule has 0 radical (unpaired) electrons. The van der Waals surface area contributed by atoms with Gasteiger partial charge in [0.1, 0.15) is 18.1 Å². The maximum atomic E-state index is 12.3. The minimum atomic E-state index is -0.613. The monoisotopic (exact) mass is 399 g/mol. The Morgan fingerprint density at radius 1 is 1.07 bits per heavy atom. The molecule has 0 aliphatic heterocycles. The Hall–Kier alpha value is -3.12. The maximum absolute atomic E-state index is 12.3. The number of halogens is 1. The molecular formula is C21H18ClNO5. The fourth-order valence-corrected chi connectivity index (χ4v) is 2.73. The highest BCUT2D eigenvalue weighted by atomic mass is 35.5. The van der Waals surface area contributed by atoms with E-state index < -0.39 is 5.97 Å². The number of nitrogens with zero attached hydrogens (tertiary/aromatic N) is 1. The van der Waals surface area contributed by atoms with Crippen molar-refractivity contribution in [2.24, 2.45) is 0 Å². The topological polar surface area (TPSA) is 78.6 Å². The third-order valence-electron chi connectivity index (χ3n) is 4.12. The van der Waals surface area contributed by atoms with E-state index in [4.69, 9.17) is 25.6 Å². The van der Waals surface area contributed by atoms with Gasteiger partial charge in [0, 0.05) is 10.6 Å². The molecule has 144 valence electrons. The number of hydrogen-bond acceptors (Lipinski definition) is 6. The van der Waals surface area contributed by atoms with Gasteiger partial charge in [-0.3, -0.25) is 4.79 Å². The highest BCUT2D eigenvalue weighted by molar-refractivity contribution is 6.31. The van der Waals surface area contributed by atoms with Gasteiger partial charge in [0.05, 0.1) is 16.8 Å². The second-order valence-electron chi connectivity index (χ2n) is 6.13. The lowest BCUT2D eigenvalue weighted by Crippen LogP contribution is -2.14. The minimum Gasteiger partial charge on any atom is -0.489 e. The number of carbonyl (C=O) groups is 2. The van der Waals surface area contributed by atoms with E-state index >= 15 is 0 Å². The Kier molecular flexibility index (Phi) is 6.11. The van der Waals surface area contributed by atoms with Crippen molar-refractivity contribution >= 4 is 23.4 Å². The van der Waals surface area contributed by atoms with Crippen LogP contribution in [0.25, 0.3) is 0 Å². The Morgan fingerprint density at radius 2 is 1.82 bits per heavy atom. The quantitative estimate of drug-likeness (QED) is 0.428. The molecule has 0 aliphatic rings. The van der Waals surface area contributed by atoms with Crippen molar-refractivity contribution in [2.45, 2.75) is 20.5 Å². The average molecular weight is 400 g/mol. The summed E-state index contributed by atoms with van der Waals surface area (Å²) in [6, 6.07) is 13.0. The summed E-state index contributed by atoms with van der Waals surface area (Å²) in [5, 5.41) is 4.32. The Labute approximate surface area is 167 Å². The van der Waals surface area contributed by atoms with Crippen LogP contribution >= 0.6 is 11.6 Å². The van der Waals surface area contributed by atoms with Crippen LogP contribution in [0, 0.1) is 13.8 Å². The number of aromatic nitrogens is 1. The number of esters is 1. The van der Waals surface area contributed by atoms with Crippen molar-refractivity contribution in [1.82, 2.24) is 5.16 Å². The molecule has 0 saturated carbocycles. The van der Waals surface area contributed by atoms with E-state index in [-0.39, 0.29) is 24.6 Å². The number of benzene rings is 2. The molecule has 0 fully saturated rings. The maximum Gasteiger partial charge on any atom is 0.338 e. The first-order valence-corrected chi connectivity index (χ1v) is 8.92. The molecule has 7 heteroatoms. The Bertz CT molecular complexity index is 992. The molecule has 3 rings (SSSR count).